The molecule has 0 saturated heterocycles. The van der Waals surface area contributed by atoms with Gasteiger partial charge in [0.05, 0.1) is 0 Å². The second-order valence-corrected chi connectivity index (χ2v) is 9.36. The van der Waals surface area contributed by atoms with E-state index < -0.39 is 5.43 Å². The van der Waals surface area contributed by atoms with Crippen molar-refractivity contribution in [2.45, 2.75) is 0 Å². The van der Waals surface area contributed by atoms with E-state index in [0.717, 1.165) is 16.2 Å². The highest BCUT2D eigenvalue weighted by Gasteiger charge is 2.25. The number of hydrogen-bond acceptors (Lipinski definition) is 4. The van der Waals surface area contributed by atoms with Gasteiger partial charge in [-0.05, 0) is 27.6 Å². The maximum Gasteiger partial charge on any atom is 0.195 e. The lowest BCUT2D eigenvalue weighted by Gasteiger charge is -2.09. The summed E-state index contributed by atoms with van der Waals surface area (Å²) in [6.45, 7) is 0. The average molecular weight is 462 g/mol. The first-order valence-corrected chi connectivity index (χ1v) is 11.7. The molecule has 4 nitrogen and oxygen atoms in total. The first-order valence-electron chi connectivity index (χ1n) is 11.7. The quantitative estimate of drug-likeness (QED) is 0.279. The smallest absolute Gasteiger partial charge is 0.195 e. The maximum absolute atomic E-state index is 14.2. The lowest BCUT2D eigenvalue weighted by Crippen LogP contribution is -2.15. The Morgan fingerprint density at radius 3 is 1.08 bits per heavy atom. The van der Waals surface area contributed by atoms with E-state index in [0.29, 0.717) is 32.3 Å². The van der Waals surface area contributed by atoms with Crippen molar-refractivity contribution in [1.29, 1.82) is 0 Å². The minimum Gasteiger partial charge on any atom is -0.289 e. The normalized spacial score (nSPS) is 12.3. The van der Waals surface area contributed by atoms with E-state index in [9.17, 15) is 19.2 Å². The van der Waals surface area contributed by atoms with Gasteiger partial charge in [0.15, 0.2) is 21.7 Å². The Labute approximate surface area is 201 Å². The molecule has 0 aliphatic carbocycles. The summed E-state index contributed by atoms with van der Waals surface area (Å²) in [5.41, 5.74) is -1.32. The van der Waals surface area contributed by atoms with Gasteiger partial charge < -0.3 is 0 Å². The molecule has 166 valence electrons. The molecule has 0 amide bonds. The molecule has 0 spiro atoms. The van der Waals surface area contributed by atoms with Crippen LogP contribution < -0.4 is 21.7 Å². The Hall–Kier alpha value is -4.96. The Bertz CT molecular complexity index is 2500. The van der Waals surface area contributed by atoms with Crippen molar-refractivity contribution < 1.29 is 0 Å². The van der Waals surface area contributed by atoms with Gasteiger partial charge in [-0.3, -0.25) is 19.2 Å². The second kappa shape index (κ2) is 6.37. The highest BCUT2D eigenvalue weighted by atomic mass is 16.1. The van der Waals surface area contributed by atoms with Crippen molar-refractivity contribution in [3.63, 3.8) is 0 Å². The third-order valence-corrected chi connectivity index (χ3v) is 7.70. The summed E-state index contributed by atoms with van der Waals surface area (Å²) in [4.78, 5) is 56.1. The lowest BCUT2D eigenvalue weighted by atomic mass is 9.91. The van der Waals surface area contributed by atoms with Gasteiger partial charge in [-0.1, -0.05) is 78.9 Å². The molecule has 8 aromatic carbocycles. The van der Waals surface area contributed by atoms with Gasteiger partial charge in [-0.15, -0.1) is 0 Å². The molecule has 0 atom stereocenters. The van der Waals surface area contributed by atoms with Gasteiger partial charge in [0.1, 0.15) is 0 Å². The Morgan fingerprint density at radius 1 is 0.250 bits per heavy atom. The van der Waals surface area contributed by atoms with Crippen molar-refractivity contribution in [3.8, 4) is 0 Å². The number of rotatable bonds is 0. The fourth-order valence-electron chi connectivity index (χ4n) is 6.23. The van der Waals surface area contributed by atoms with Crippen LogP contribution in [0.5, 0.6) is 0 Å². The lowest BCUT2D eigenvalue weighted by molar-refractivity contribution is 1.69. The van der Waals surface area contributed by atoms with E-state index in [-0.39, 0.29) is 43.2 Å². The summed E-state index contributed by atoms with van der Waals surface area (Å²) in [7, 11) is 0. The van der Waals surface area contributed by atoms with Gasteiger partial charge in [-0.25, -0.2) is 0 Å². The molecule has 0 bridgehead atoms. The van der Waals surface area contributed by atoms with Crippen LogP contribution in [0.2, 0.25) is 0 Å². The Kier molecular flexibility index (Phi) is 3.43. The molecule has 8 rings (SSSR count). The molecule has 36 heavy (non-hydrogen) atoms. The van der Waals surface area contributed by atoms with Crippen LogP contribution in [0.15, 0.2) is 104 Å². The molecule has 0 saturated carbocycles. The van der Waals surface area contributed by atoms with Crippen molar-refractivity contribution in [1.82, 2.24) is 0 Å². The summed E-state index contributed by atoms with van der Waals surface area (Å²) < 4.78 is 0. The van der Waals surface area contributed by atoms with E-state index in [4.69, 9.17) is 0 Å². The molecule has 0 aliphatic rings. The van der Waals surface area contributed by atoms with Crippen molar-refractivity contribution in [3.05, 3.63) is 126 Å². The minimum absolute atomic E-state index is 0.103. The molecular weight excluding hydrogens is 448 g/mol. The second-order valence-electron chi connectivity index (χ2n) is 9.36. The Balaban J connectivity index is 1.96. The van der Waals surface area contributed by atoms with E-state index in [1.165, 1.54) is 0 Å². The summed E-state index contributed by atoms with van der Waals surface area (Å²) in [5, 5.41) is 6.42. The van der Waals surface area contributed by atoms with E-state index in [1.54, 1.807) is 54.6 Å². The first kappa shape index (κ1) is 19.4. The third kappa shape index (κ3) is 2.07. The minimum atomic E-state index is -0.408. The monoisotopic (exact) mass is 462 g/mol. The maximum atomic E-state index is 14.2. The summed E-state index contributed by atoms with van der Waals surface area (Å²) in [6.07, 6.45) is 0. The van der Waals surface area contributed by atoms with Gasteiger partial charge >= 0.3 is 0 Å². The fourth-order valence-corrected chi connectivity index (χ4v) is 6.23. The largest absolute Gasteiger partial charge is 0.289 e. The first-order chi connectivity index (χ1) is 17.6. The van der Waals surface area contributed by atoms with Crippen LogP contribution in [0.3, 0.4) is 0 Å². The van der Waals surface area contributed by atoms with Crippen molar-refractivity contribution in [2.75, 3.05) is 0 Å². The predicted molar refractivity (Wildman–Crippen MR) is 148 cm³/mol. The van der Waals surface area contributed by atoms with Crippen LogP contribution in [-0.2, 0) is 0 Å². The van der Waals surface area contributed by atoms with Crippen LogP contribution in [0.1, 0.15) is 0 Å². The van der Waals surface area contributed by atoms with Crippen LogP contribution in [0.25, 0.3) is 75.4 Å². The molecule has 0 unspecified atom stereocenters. The SMILES string of the molecule is O=c1c2ccccc2c(=O)c2c3c(=O)c4ccccc4c(=O)c3c3c4ccccc4c4ccc1c2c43. The predicted octanol–water partition coefficient (Wildman–Crippen LogP) is 5.51. The number of fused-ring (bicyclic) bond motifs is 8. The zero-order valence-electron chi connectivity index (χ0n) is 18.7. The van der Waals surface area contributed by atoms with Gasteiger partial charge in [0, 0.05) is 53.9 Å². The summed E-state index contributed by atoms with van der Waals surface area (Å²) >= 11 is 0. The van der Waals surface area contributed by atoms with Crippen molar-refractivity contribution >= 4 is 75.4 Å². The number of hydrogen-bond donors (Lipinski definition) is 0. The Morgan fingerprint density at radius 2 is 0.556 bits per heavy atom. The third-order valence-electron chi connectivity index (χ3n) is 7.70. The fraction of sp³-hybridized carbons (Fsp3) is 0. The van der Waals surface area contributed by atoms with Gasteiger partial charge in [0.25, 0.3) is 0 Å². The molecule has 4 heteroatoms. The van der Waals surface area contributed by atoms with Gasteiger partial charge in [-0.2, -0.15) is 0 Å². The van der Waals surface area contributed by atoms with Crippen LogP contribution >= 0.6 is 0 Å². The topological polar surface area (TPSA) is 68.3 Å². The molecule has 0 aliphatic heterocycles. The summed E-state index contributed by atoms with van der Waals surface area (Å²) in [5.74, 6) is 0. The van der Waals surface area contributed by atoms with Crippen LogP contribution in [0.4, 0.5) is 0 Å². The average Bonchev–Trinajstić information content (AvgIpc) is 3.22. The molecule has 0 heterocycles. The summed E-state index contributed by atoms with van der Waals surface area (Å²) in [6, 6.07) is 24.8. The highest BCUT2D eigenvalue weighted by Crippen LogP contribution is 2.44. The van der Waals surface area contributed by atoms with E-state index in [1.807, 2.05) is 30.3 Å². The molecule has 0 aromatic heterocycles. The van der Waals surface area contributed by atoms with Crippen molar-refractivity contribution in [2.24, 2.45) is 0 Å². The van der Waals surface area contributed by atoms with Gasteiger partial charge in [0.2, 0.25) is 0 Å². The highest BCUT2D eigenvalue weighted by molar-refractivity contribution is 6.43. The molecule has 0 radical (unpaired) electrons. The standard InChI is InChI=1S/C32H14O4/c33-29-18-9-3-4-10-19(18)30(34)27-25-22(29)14-13-17-15-7-1-2-8-16(15)24(23(17)25)26-28(27)32(36)21-12-6-5-11-20(21)31(26)35/h1-14H. The molecule has 0 fully saturated rings. The zero-order chi connectivity index (χ0) is 24.3. The zero-order valence-corrected chi connectivity index (χ0v) is 18.7. The van der Waals surface area contributed by atoms with E-state index >= 15 is 0 Å². The molecule has 0 N–H and O–H groups in total. The van der Waals surface area contributed by atoms with E-state index in [2.05, 4.69) is 0 Å². The molecular formula is C32H14O4. The van der Waals surface area contributed by atoms with Crippen LogP contribution in [-0.4, -0.2) is 0 Å². The molecule has 8 aromatic rings. The van der Waals surface area contributed by atoms with Crippen LogP contribution in [0, 0.1) is 0 Å². The number of benzene rings is 6.